The molecule has 1 aromatic carbocycles. The molecule has 3 rings (SSSR count). The van der Waals surface area contributed by atoms with Crippen LogP contribution >= 0.6 is 11.3 Å². The summed E-state index contributed by atoms with van der Waals surface area (Å²) in [5.41, 5.74) is 0.150. The summed E-state index contributed by atoms with van der Waals surface area (Å²) in [5, 5.41) is 1.94. The number of carbonyl (C=O) groups excluding carboxylic acids is 1. The molecule has 1 fully saturated rings. The lowest BCUT2D eigenvalue weighted by atomic mass is 10.1. The molecule has 2 heterocycles. The molecule has 1 aromatic heterocycles. The van der Waals surface area contributed by atoms with E-state index in [9.17, 15) is 17.6 Å². The third-order valence-electron chi connectivity index (χ3n) is 5.16. The van der Waals surface area contributed by atoms with E-state index in [1.807, 2.05) is 17.5 Å². The van der Waals surface area contributed by atoms with Crippen LogP contribution in [0.3, 0.4) is 0 Å². The van der Waals surface area contributed by atoms with Crippen molar-refractivity contribution in [3.63, 3.8) is 0 Å². The number of nitrogens with zero attached hydrogens (tertiary/aromatic N) is 2. The van der Waals surface area contributed by atoms with Gasteiger partial charge in [-0.05, 0) is 42.5 Å². The van der Waals surface area contributed by atoms with Gasteiger partial charge in [-0.3, -0.25) is 4.79 Å². The first-order chi connectivity index (χ1) is 14.4. The molecular formula is C21H27FN2O4S2. The Bertz CT molecular complexity index is 953. The quantitative estimate of drug-likeness (QED) is 0.579. The number of thiophene rings is 1. The normalized spacial score (nSPS) is 16.9. The Hall–Kier alpha value is -1.81. The zero-order chi connectivity index (χ0) is 21.7. The Morgan fingerprint density at radius 1 is 1.27 bits per heavy atom. The van der Waals surface area contributed by atoms with Crippen molar-refractivity contribution in [3.8, 4) is 0 Å². The molecule has 1 amide bonds. The fourth-order valence-electron chi connectivity index (χ4n) is 3.56. The SMILES string of the molecule is CCN(CC)S(=O)(=O)c1cc(C(=O)N(Cc2cccs2)CC2CCCO2)ccc1F. The van der Waals surface area contributed by atoms with Crippen molar-refractivity contribution in [3.05, 3.63) is 52.0 Å². The van der Waals surface area contributed by atoms with Crippen LogP contribution in [0.1, 0.15) is 41.9 Å². The summed E-state index contributed by atoms with van der Waals surface area (Å²) in [6.45, 7) is 5.31. The van der Waals surface area contributed by atoms with Crippen molar-refractivity contribution in [1.29, 1.82) is 0 Å². The zero-order valence-electron chi connectivity index (χ0n) is 17.2. The second-order valence-corrected chi connectivity index (χ2v) is 10.1. The number of hydrogen-bond acceptors (Lipinski definition) is 5. The fourth-order valence-corrected chi connectivity index (χ4v) is 5.83. The lowest BCUT2D eigenvalue weighted by molar-refractivity contribution is 0.0509. The van der Waals surface area contributed by atoms with Crippen LogP contribution in [0.15, 0.2) is 40.6 Å². The van der Waals surface area contributed by atoms with Gasteiger partial charge in [0, 0.05) is 36.7 Å². The van der Waals surface area contributed by atoms with E-state index >= 15 is 0 Å². The highest BCUT2D eigenvalue weighted by atomic mass is 32.2. The van der Waals surface area contributed by atoms with Crippen LogP contribution in [-0.4, -0.2) is 55.9 Å². The van der Waals surface area contributed by atoms with Crippen LogP contribution in [0, 0.1) is 5.82 Å². The maximum absolute atomic E-state index is 14.4. The second-order valence-electron chi connectivity index (χ2n) is 7.13. The molecule has 0 spiro atoms. The summed E-state index contributed by atoms with van der Waals surface area (Å²) < 4.78 is 47.0. The molecule has 0 saturated carbocycles. The van der Waals surface area contributed by atoms with E-state index in [-0.39, 0.29) is 30.7 Å². The number of halogens is 1. The Kier molecular flexibility index (Phi) is 7.62. The van der Waals surface area contributed by atoms with E-state index in [1.165, 1.54) is 10.4 Å². The van der Waals surface area contributed by atoms with E-state index in [2.05, 4.69) is 0 Å². The van der Waals surface area contributed by atoms with Gasteiger partial charge in [0.25, 0.3) is 5.91 Å². The monoisotopic (exact) mass is 454 g/mol. The van der Waals surface area contributed by atoms with Gasteiger partial charge in [-0.2, -0.15) is 4.31 Å². The van der Waals surface area contributed by atoms with E-state index in [4.69, 9.17) is 4.74 Å². The first-order valence-corrected chi connectivity index (χ1v) is 12.4. The van der Waals surface area contributed by atoms with E-state index in [1.54, 1.807) is 30.1 Å². The van der Waals surface area contributed by atoms with Gasteiger partial charge in [0.15, 0.2) is 0 Å². The molecule has 0 N–H and O–H groups in total. The largest absolute Gasteiger partial charge is 0.376 e. The summed E-state index contributed by atoms with van der Waals surface area (Å²) in [6.07, 6.45) is 1.78. The molecule has 9 heteroatoms. The summed E-state index contributed by atoms with van der Waals surface area (Å²) >= 11 is 1.54. The summed E-state index contributed by atoms with van der Waals surface area (Å²) in [7, 11) is -4.02. The molecule has 1 saturated heterocycles. The van der Waals surface area contributed by atoms with Crippen LogP contribution in [0.25, 0.3) is 0 Å². The van der Waals surface area contributed by atoms with Crippen molar-refractivity contribution < 1.29 is 22.3 Å². The first kappa shape index (κ1) is 22.9. The minimum absolute atomic E-state index is 0.0479. The molecule has 1 unspecified atom stereocenters. The zero-order valence-corrected chi connectivity index (χ0v) is 18.8. The molecule has 2 aromatic rings. The first-order valence-electron chi connectivity index (χ1n) is 10.1. The highest BCUT2D eigenvalue weighted by molar-refractivity contribution is 7.89. The van der Waals surface area contributed by atoms with E-state index in [0.717, 1.165) is 29.9 Å². The third-order valence-corrected chi connectivity index (χ3v) is 8.09. The average molecular weight is 455 g/mol. The molecule has 1 aliphatic rings. The van der Waals surface area contributed by atoms with Gasteiger partial charge in [-0.1, -0.05) is 19.9 Å². The molecule has 30 heavy (non-hydrogen) atoms. The van der Waals surface area contributed by atoms with Crippen molar-refractivity contribution in [2.24, 2.45) is 0 Å². The second kappa shape index (κ2) is 10.00. The standard InChI is InChI=1S/C21H27FN2O4S2/c1-3-24(4-2)30(26,27)20-13-16(9-10-19(20)22)21(25)23(14-17-7-5-11-28-17)15-18-8-6-12-29-18/h6,8-10,12-13,17H,3-5,7,11,14-15H2,1-2H3. The summed E-state index contributed by atoms with van der Waals surface area (Å²) in [5.74, 6) is -1.20. The summed E-state index contributed by atoms with van der Waals surface area (Å²) in [4.78, 5) is 15.5. The fraction of sp³-hybridized carbons (Fsp3) is 0.476. The minimum atomic E-state index is -4.02. The van der Waals surface area contributed by atoms with Crippen LogP contribution in [0.4, 0.5) is 4.39 Å². The van der Waals surface area contributed by atoms with Crippen molar-refractivity contribution in [2.45, 2.75) is 44.2 Å². The molecule has 6 nitrogen and oxygen atoms in total. The number of ether oxygens (including phenoxy) is 1. The number of rotatable bonds is 9. The molecule has 0 radical (unpaired) electrons. The molecular weight excluding hydrogens is 427 g/mol. The topological polar surface area (TPSA) is 66.9 Å². The van der Waals surface area contributed by atoms with Crippen molar-refractivity contribution >= 4 is 27.3 Å². The summed E-state index contributed by atoms with van der Waals surface area (Å²) in [6, 6.07) is 7.42. The van der Waals surface area contributed by atoms with Gasteiger partial charge in [0.05, 0.1) is 12.6 Å². The Morgan fingerprint density at radius 2 is 2.03 bits per heavy atom. The van der Waals surface area contributed by atoms with Crippen LogP contribution in [0.2, 0.25) is 0 Å². The van der Waals surface area contributed by atoms with Gasteiger partial charge in [-0.25, -0.2) is 12.8 Å². The van der Waals surface area contributed by atoms with Gasteiger partial charge in [0.2, 0.25) is 10.0 Å². The predicted octanol–water partition coefficient (Wildman–Crippen LogP) is 3.74. The smallest absolute Gasteiger partial charge is 0.254 e. The number of amides is 1. The van der Waals surface area contributed by atoms with Crippen molar-refractivity contribution in [2.75, 3.05) is 26.2 Å². The lowest BCUT2D eigenvalue weighted by Gasteiger charge is -2.26. The van der Waals surface area contributed by atoms with Gasteiger partial charge >= 0.3 is 0 Å². The number of hydrogen-bond donors (Lipinski definition) is 0. The highest BCUT2D eigenvalue weighted by Crippen LogP contribution is 2.24. The number of benzene rings is 1. The van der Waals surface area contributed by atoms with Crippen molar-refractivity contribution in [1.82, 2.24) is 9.21 Å². The Morgan fingerprint density at radius 3 is 2.63 bits per heavy atom. The predicted molar refractivity (Wildman–Crippen MR) is 115 cm³/mol. The van der Waals surface area contributed by atoms with E-state index in [0.29, 0.717) is 19.7 Å². The third kappa shape index (κ3) is 5.08. The molecule has 0 bridgehead atoms. The maximum atomic E-state index is 14.4. The maximum Gasteiger partial charge on any atom is 0.254 e. The average Bonchev–Trinajstić information content (AvgIpc) is 3.42. The van der Waals surface area contributed by atoms with Gasteiger partial charge < -0.3 is 9.64 Å². The lowest BCUT2D eigenvalue weighted by Crippen LogP contribution is -2.37. The van der Waals surface area contributed by atoms with Crippen LogP contribution in [0.5, 0.6) is 0 Å². The van der Waals surface area contributed by atoms with Crippen LogP contribution < -0.4 is 0 Å². The van der Waals surface area contributed by atoms with Crippen LogP contribution in [-0.2, 0) is 21.3 Å². The number of carbonyl (C=O) groups is 1. The van der Waals surface area contributed by atoms with Gasteiger partial charge in [-0.15, -0.1) is 11.3 Å². The molecule has 1 aliphatic heterocycles. The Balaban J connectivity index is 1.92. The molecule has 164 valence electrons. The molecule has 0 aliphatic carbocycles. The van der Waals surface area contributed by atoms with E-state index < -0.39 is 20.7 Å². The Labute approximate surface area is 181 Å². The number of sulfonamides is 1. The van der Waals surface area contributed by atoms with Gasteiger partial charge in [0.1, 0.15) is 10.7 Å². The minimum Gasteiger partial charge on any atom is -0.376 e. The highest BCUT2D eigenvalue weighted by Gasteiger charge is 2.29. The molecule has 1 atom stereocenters.